The summed E-state index contributed by atoms with van der Waals surface area (Å²) >= 11 is 0. The fourth-order valence-electron chi connectivity index (χ4n) is 3.62. The number of carbonyl (C=O) groups excluding carboxylic acids is 1. The van der Waals surface area contributed by atoms with Gasteiger partial charge < -0.3 is 19.9 Å². The molecule has 6 nitrogen and oxygen atoms in total. The van der Waals surface area contributed by atoms with Crippen molar-refractivity contribution in [2.75, 3.05) is 63.6 Å². The smallest absolute Gasteiger partial charge is 0.238 e. The van der Waals surface area contributed by atoms with Crippen molar-refractivity contribution in [2.24, 2.45) is 0 Å². The zero-order valence-electron chi connectivity index (χ0n) is 17.7. The predicted molar refractivity (Wildman–Crippen MR) is 119 cm³/mol. The first-order valence-corrected chi connectivity index (χ1v) is 10.3. The van der Waals surface area contributed by atoms with Crippen molar-refractivity contribution in [1.82, 2.24) is 9.80 Å². The lowest BCUT2D eigenvalue weighted by molar-refractivity contribution is -0.117. The number of methoxy groups -OCH3 is 1. The van der Waals surface area contributed by atoms with Gasteiger partial charge in [-0.05, 0) is 55.6 Å². The van der Waals surface area contributed by atoms with Crippen LogP contribution in [-0.4, -0.2) is 69.1 Å². The fraction of sp³-hybridized carbons (Fsp3) is 0.435. The van der Waals surface area contributed by atoms with E-state index in [4.69, 9.17) is 4.74 Å². The summed E-state index contributed by atoms with van der Waals surface area (Å²) in [5.41, 5.74) is 3.20. The Morgan fingerprint density at radius 1 is 1.03 bits per heavy atom. The fourth-order valence-corrected chi connectivity index (χ4v) is 3.62. The molecule has 0 spiro atoms. The van der Waals surface area contributed by atoms with Crippen LogP contribution in [0.5, 0.6) is 5.75 Å². The molecule has 0 saturated carbocycles. The van der Waals surface area contributed by atoms with Crippen LogP contribution in [-0.2, 0) is 11.3 Å². The molecule has 0 bridgehead atoms. The molecule has 0 aromatic heterocycles. The van der Waals surface area contributed by atoms with Crippen molar-refractivity contribution in [3.63, 3.8) is 0 Å². The summed E-state index contributed by atoms with van der Waals surface area (Å²) in [6.07, 6.45) is 0. The van der Waals surface area contributed by atoms with Crippen LogP contribution in [0.25, 0.3) is 0 Å². The van der Waals surface area contributed by atoms with E-state index < -0.39 is 0 Å². The van der Waals surface area contributed by atoms with Crippen LogP contribution in [0.4, 0.5) is 11.4 Å². The molecule has 0 radical (unpaired) electrons. The summed E-state index contributed by atoms with van der Waals surface area (Å²) in [5, 5.41) is 3.00. The highest BCUT2D eigenvalue weighted by molar-refractivity contribution is 5.92. The second-order valence-corrected chi connectivity index (χ2v) is 7.54. The van der Waals surface area contributed by atoms with Gasteiger partial charge in [0.05, 0.1) is 13.7 Å². The molecule has 1 N–H and O–H groups in total. The van der Waals surface area contributed by atoms with Crippen LogP contribution in [0.1, 0.15) is 12.5 Å². The zero-order chi connectivity index (χ0) is 20.6. The number of rotatable bonds is 8. The van der Waals surface area contributed by atoms with Crippen molar-refractivity contribution < 1.29 is 9.53 Å². The maximum absolute atomic E-state index is 12.4. The van der Waals surface area contributed by atoms with Gasteiger partial charge in [-0.1, -0.05) is 19.1 Å². The molecule has 1 aliphatic rings. The number of hydrogen-bond acceptors (Lipinski definition) is 5. The van der Waals surface area contributed by atoms with Crippen LogP contribution >= 0.6 is 0 Å². The molecule has 6 heteroatoms. The molecule has 156 valence electrons. The van der Waals surface area contributed by atoms with E-state index in [1.165, 1.54) is 5.69 Å². The Kier molecular flexibility index (Phi) is 7.49. The number of piperazine rings is 1. The zero-order valence-corrected chi connectivity index (χ0v) is 17.7. The Morgan fingerprint density at radius 2 is 1.69 bits per heavy atom. The van der Waals surface area contributed by atoms with Crippen LogP contribution < -0.4 is 15.0 Å². The minimum Gasteiger partial charge on any atom is -0.497 e. The molecule has 1 amide bonds. The molecule has 1 heterocycles. The van der Waals surface area contributed by atoms with Gasteiger partial charge in [0.2, 0.25) is 5.91 Å². The lowest BCUT2D eigenvalue weighted by atomic mass is 10.2. The molecule has 1 aliphatic heterocycles. The third kappa shape index (κ3) is 6.21. The number of ether oxygens (including phenoxy) is 1. The third-order valence-corrected chi connectivity index (χ3v) is 5.36. The van der Waals surface area contributed by atoms with E-state index in [0.29, 0.717) is 13.1 Å². The number of benzene rings is 2. The van der Waals surface area contributed by atoms with E-state index in [0.717, 1.165) is 49.7 Å². The first-order chi connectivity index (χ1) is 14.1. The quantitative estimate of drug-likeness (QED) is 0.744. The largest absolute Gasteiger partial charge is 0.497 e. The summed E-state index contributed by atoms with van der Waals surface area (Å²) in [4.78, 5) is 19.2. The van der Waals surface area contributed by atoms with Crippen LogP contribution in [0.2, 0.25) is 0 Å². The minimum absolute atomic E-state index is 0.00896. The second-order valence-electron chi connectivity index (χ2n) is 7.54. The first-order valence-electron chi connectivity index (χ1n) is 10.3. The molecule has 3 rings (SSSR count). The summed E-state index contributed by atoms with van der Waals surface area (Å²) in [6.45, 7) is 8.69. The highest BCUT2D eigenvalue weighted by Crippen LogP contribution is 2.19. The van der Waals surface area contributed by atoms with Gasteiger partial charge in [-0.25, -0.2) is 0 Å². The van der Waals surface area contributed by atoms with Gasteiger partial charge in [-0.2, -0.15) is 0 Å². The van der Waals surface area contributed by atoms with Crippen molar-refractivity contribution in [2.45, 2.75) is 13.5 Å². The molecule has 0 aliphatic carbocycles. The van der Waals surface area contributed by atoms with E-state index in [9.17, 15) is 4.79 Å². The number of carbonyl (C=O) groups is 1. The SMILES string of the molecule is CCN1CCN(c2ccc(NC(=O)CN(C)Cc3ccc(OC)cc3)cc2)CC1. The Morgan fingerprint density at radius 3 is 2.28 bits per heavy atom. The molecular formula is C23H32N4O2. The van der Waals surface area contributed by atoms with E-state index in [-0.39, 0.29) is 5.91 Å². The van der Waals surface area contributed by atoms with Crippen molar-refractivity contribution in [3.05, 3.63) is 54.1 Å². The van der Waals surface area contributed by atoms with Crippen LogP contribution in [0.3, 0.4) is 0 Å². The highest BCUT2D eigenvalue weighted by Gasteiger charge is 2.16. The van der Waals surface area contributed by atoms with Gasteiger partial charge in [-0.3, -0.25) is 9.69 Å². The summed E-state index contributed by atoms with van der Waals surface area (Å²) in [7, 11) is 3.60. The van der Waals surface area contributed by atoms with Crippen molar-refractivity contribution in [3.8, 4) is 5.75 Å². The predicted octanol–water partition coefficient (Wildman–Crippen LogP) is 2.91. The normalized spacial score (nSPS) is 14.8. The van der Waals surface area contributed by atoms with Gasteiger partial charge >= 0.3 is 0 Å². The van der Waals surface area contributed by atoms with Gasteiger partial charge in [0, 0.05) is 44.1 Å². The van der Waals surface area contributed by atoms with Crippen LogP contribution in [0.15, 0.2) is 48.5 Å². The summed E-state index contributed by atoms with van der Waals surface area (Å²) < 4.78 is 5.18. The first kappa shape index (κ1) is 21.1. The highest BCUT2D eigenvalue weighted by atomic mass is 16.5. The van der Waals surface area contributed by atoms with E-state index >= 15 is 0 Å². The van der Waals surface area contributed by atoms with E-state index in [1.54, 1.807) is 7.11 Å². The maximum atomic E-state index is 12.4. The number of amides is 1. The van der Waals surface area contributed by atoms with Gasteiger partial charge in [0.15, 0.2) is 0 Å². The number of likely N-dealkylation sites (N-methyl/N-ethyl adjacent to an activating group) is 2. The Balaban J connectivity index is 1.46. The molecular weight excluding hydrogens is 364 g/mol. The Hall–Kier alpha value is -2.57. The molecule has 1 saturated heterocycles. The molecule has 0 unspecified atom stereocenters. The topological polar surface area (TPSA) is 48.0 Å². The number of hydrogen-bond donors (Lipinski definition) is 1. The monoisotopic (exact) mass is 396 g/mol. The lowest BCUT2D eigenvalue weighted by Gasteiger charge is -2.35. The number of anilines is 2. The van der Waals surface area contributed by atoms with E-state index in [2.05, 4.69) is 34.2 Å². The van der Waals surface area contributed by atoms with Crippen LogP contribution in [0, 0.1) is 0 Å². The van der Waals surface area contributed by atoms with Gasteiger partial charge in [0.1, 0.15) is 5.75 Å². The Labute approximate surface area is 174 Å². The second kappa shape index (κ2) is 10.3. The average molecular weight is 397 g/mol. The number of nitrogens with one attached hydrogen (secondary N) is 1. The summed E-state index contributed by atoms with van der Waals surface area (Å²) in [6, 6.07) is 16.1. The van der Waals surface area contributed by atoms with E-state index in [1.807, 2.05) is 48.3 Å². The molecule has 0 atom stereocenters. The Bertz CT molecular complexity index is 768. The third-order valence-electron chi connectivity index (χ3n) is 5.36. The molecule has 2 aromatic rings. The number of nitrogens with zero attached hydrogens (tertiary/aromatic N) is 3. The lowest BCUT2D eigenvalue weighted by Crippen LogP contribution is -2.46. The van der Waals surface area contributed by atoms with Gasteiger partial charge in [0.25, 0.3) is 0 Å². The molecule has 1 fully saturated rings. The van der Waals surface area contributed by atoms with Crippen molar-refractivity contribution >= 4 is 17.3 Å². The molecule has 29 heavy (non-hydrogen) atoms. The van der Waals surface area contributed by atoms with Crippen molar-refractivity contribution in [1.29, 1.82) is 0 Å². The molecule has 2 aromatic carbocycles. The maximum Gasteiger partial charge on any atom is 0.238 e. The minimum atomic E-state index is -0.00896. The standard InChI is InChI=1S/C23H32N4O2/c1-4-26-13-15-27(16-14-26)21-9-7-20(8-10-21)24-23(28)18-25(2)17-19-5-11-22(29-3)12-6-19/h5-12H,4,13-18H2,1-3H3,(H,24,28). The van der Waals surface area contributed by atoms with Gasteiger partial charge in [-0.15, -0.1) is 0 Å². The summed E-state index contributed by atoms with van der Waals surface area (Å²) in [5.74, 6) is 0.829. The average Bonchev–Trinajstić information content (AvgIpc) is 2.74.